The highest BCUT2D eigenvalue weighted by Crippen LogP contribution is 2.12. The van der Waals surface area contributed by atoms with E-state index >= 15 is 0 Å². The van der Waals surface area contributed by atoms with E-state index in [0.717, 1.165) is 5.69 Å². The maximum absolute atomic E-state index is 12.8. The van der Waals surface area contributed by atoms with Gasteiger partial charge >= 0.3 is 5.97 Å². The van der Waals surface area contributed by atoms with Crippen molar-refractivity contribution in [3.63, 3.8) is 0 Å². The standard InChI is InChI=1S/C19H17FN2O3/c20-16-5-9-18(10-6-16)24-13-2-14-25-19(23)15-3-7-17(8-4-15)22-12-1-11-21-22/h1,3-12H,2,13-14H2. The van der Waals surface area contributed by atoms with Gasteiger partial charge in [-0.2, -0.15) is 5.10 Å². The Hall–Kier alpha value is -3.15. The second kappa shape index (κ2) is 8.10. The molecule has 0 aliphatic rings. The number of hydrogen-bond donors (Lipinski definition) is 0. The predicted octanol–water partition coefficient (Wildman–Crippen LogP) is 3.64. The fourth-order valence-corrected chi connectivity index (χ4v) is 2.20. The highest BCUT2D eigenvalue weighted by Gasteiger charge is 2.07. The molecule has 3 aromatic rings. The highest BCUT2D eigenvalue weighted by atomic mass is 19.1. The molecule has 0 N–H and O–H groups in total. The summed E-state index contributed by atoms with van der Waals surface area (Å²) >= 11 is 0. The molecule has 0 saturated heterocycles. The average Bonchev–Trinajstić information content (AvgIpc) is 3.18. The summed E-state index contributed by atoms with van der Waals surface area (Å²) in [6, 6.07) is 14.6. The first-order chi connectivity index (χ1) is 12.2. The lowest BCUT2D eigenvalue weighted by Gasteiger charge is -2.08. The summed E-state index contributed by atoms with van der Waals surface area (Å²) in [5.74, 6) is -0.101. The zero-order chi connectivity index (χ0) is 17.5. The highest BCUT2D eigenvalue weighted by molar-refractivity contribution is 5.89. The maximum Gasteiger partial charge on any atom is 0.338 e. The summed E-state index contributed by atoms with van der Waals surface area (Å²) in [4.78, 5) is 12.0. The summed E-state index contributed by atoms with van der Waals surface area (Å²) in [5, 5.41) is 4.13. The third-order valence-electron chi connectivity index (χ3n) is 3.48. The van der Waals surface area contributed by atoms with Crippen molar-refractivity contribution in [2.24, 2.45) is 0 Å². The van der Waals surface area contributed by atoms with E-state index in [2.05, 4.69) is 5.10 Å². The Morgan fingerprint density at radius 2 is 1.80 bits per heavy atom. The van der Waals surface area contributed by atoms with E-state index in [0.29, 0.717) is 24.3 Å². The number of carbonyl (C=O) groups is 1. The van der Waals surface area contributed by atoms with E-state index < -0.39 is 0 Å². The zero-order valence-corrected chi connectivity index (χ0v) is 13.5. The van der Waals surface area contributed by atoms with E-state index in [1.54, 1.807) is 47.3 Å². The lowest BCUT2D eigenvalue weighted by atomic mass is 10.2. The van der Waals surface area contributed by atoms with Gasteiger partial charge in [0.15, 0.2) is 0 Å². The molecule has 6 heteroatoms. The van der Waals surface area contributed by atoms with Crippen LogP contribution in [0.2, 0.25) is 0 Å². The third kappa shape index (κ3) is 4.67. The van der Waals surface area contributed by atoms with Gasteiger partial charge in [0.05, 0.1) is 24.5 Å². The number of carbonyl (C=O) groups excluding carboxylic acids is 1. The van der Waals surface area contributed by atoms with Gasteiger partial charge < -0.3 is 9.47 Å². The number of benzene rings is 2. The summed E-state index contributed by atoms with van der Waals surface area (Å²) in [6.45, 7) is 0.637. The predicted molar refractivity (Wildman–Crippen MR) is 90.4 cm³/mol. The van der Waals surface area contributed by atoms with Crippen LogP contribution in [0, 0.1) is 5.82 Å². The average molecular weight is 340 g/mol. The Morgan fingerprint density at radius 1 is 1.04 bits per heavy atom. The van der Waals surface area contributed by atoms with Crippen molar-refractivity contribution in [2.45, 2.75) is 6.42 Å². The number of esters is 1. The second-order valence-electron chi connectivity index (χ2n) is 5.29. The topological polar surface area (TPSA) is 53.4 Å². The molecule has 0 amide bonds. The first-order valence-corrected chi connectivity index (χ1v) is 7.88. The minimum absolute atomic E-state index is 0.251. The van der Waals surface area contributed by atoms with Crippen LogP contribution in [0.25, 0.3) is 5.69 Å². The fraction of sp³-hybridized carbons (Fsp3) is 0.158. The van der Waals surface area contributed by atoms with E-state index in [1.165, 1.54) is 12.1 Å². The molecule has 1 aromatic heterocycles. The number of nitrogens with zero attached hydrogens (tertiary/aromatic N) is 2. The third-order valence-corrected chi connectivity index (χ3v) is 3.48. The van der Waals surface area contributed by atoms with Gasteiger partial charge in [-0.3, -0.25) is 0 Å². The number of rotatable bonds is 7. The van der Waals surface area contributed by atoms with Crippen LogP contribution in [-0.4, -0.2) is 29.0 Å². The van der Waals surface area contributed by atoms with E-state index in [4.69, 9.17) is 9.47 Å². The smallest absolute Gasteiger partial charge is 0.338 e. The molecule has 0 aliphatic heterocycles. The van der Waals surface area contributed by atoms with E-state index in [1.807, 2.05) is 12.3 Å². The van der Waals surface area contributed by atoms with Crippen LogP contribution in [0.3, 0.4) is 0 Å². The Morgan fingerprint density at radius 3 is 2.48 bits per heavy atom. The maximum atomic E-state index is 12.8. The van der Waals surface area contributed by atoms with Crippen LogP contribution in [0.5, 0.6) is 5.75 Å². The molecule has 0 aliphatic carbocycles. The molecular formula is C19H17FN2O3. The van der Waals surface area contributed by atoms with Crippen molar-refractivity contribution in [3.8, 4) is 11.4 Å². The first-order valence-electron chi connectivity index (χ1n) is 7.88. The van der Waals surface area contributed by atoms with Crippen molar-refractivity contribution >= 4 is 5.97 Å². The van der Waals surface area contributed by atoms with Gasteiger partial charge in [-0.25, -0.2) is 13.9 Å². The molecule has 0 bridgehead atoms. The van der Waals surface area contributed by atoms with Gasteiger partial charge in [0.1, 0.15) is 11.6 Å². The van der Waals surface area contributed by atoms with Gasteiger partial charge in [0, 0.05) is 18.8 Å². The molecule has 0 spiro atoms. The molecule has 25 heavy (non-hydrogen) atoms. The summed E-state index contributed by atoms with van der Waals surface area (Å²) < 4.78 is 25.1. The van der Waals surface area contributed by atoms with Gasteiger partial charge in [-0.1, -0.05) is 0 Å². The molecule has 5 nitrogen and oxygen atoms in total. The Kier molecular flexibility index (Phi) is 5.41. The van der Waals surface area contributed by atoms with Crippen LogP contribution in [0.4, 0.5) is 4.39 Å². The van der Waals surface area contributed by atoms with Crippen molar-refractivity contribution in [1.29, 1.82) is 0 Å². The summed E-state index contributed by atoms with van der Waals surface area (Å²) in [5.41, 5.74) is 1.35. The van der Waals surface area contributed by atoms with Crippen LogP contribution in [0.15, 0.2) is 67.0 Å². The van der Waals surface area contributed by atoms with E-state index in [-0.39, 0.29) is 18.4 Å². The van der Waals surface area contributed by atoms with Gasteiger partial charge in [0.25, 0.3) is 0 Å². The minimum atomic E-state index is -0.381. The van der Waals surface area contributed by atoms with Crippen molar-refractivity contribution < 1.29 is 18.7 Å². The normalized spacial score (nSPS) is 10.4. The molecule has 128 valence electrons. The molecule has 3 rings (SSSR count). The Labute approximate surface area is 144 Å². The fourth-order valence-electron chi connectivity index (χ4n) is 2.20. The number of aromatic nitrogens is 2. The molecule has 1 heterocycles. The van der Waals surface area contributed by atoms with E-state index in [9.17, 15) is 9.18 Å². The van der Waals surface area contributed by atoms with Gasteiger partial charge in [0.2, 0.25) is 0 Å². The number of halogens is 1. The lowest BCUT2D eigenvalue weighted by Crippen LogP contribution is -2.09. The molecule has 0 atom stereocenters. The molecule has 0 saturated carbocycles. The summed E-state index contributed by atoms with van der Waals surface area (Å²) in [7, 11) is 0. The Balaban J connectivity index is 1.41. The number of hydrogen-bond acceptors (Lipinski definition) is 4. The van der Waals surface area contributed by atoms with Crippen LogP contribution >= 0.6 is 0 Å². The molecule has 0 fully saturated rings. The van der Waals surface area contributed by atoms with Crippen molar-refractivity contribution in [2.75, 3.05) is 13.2 Å². The molecule has 2 aromatic carbocycles. The Bertz CT molecular complexity index is 800. The van der Waals surface area contributed by atoms with Crippen molar-refractivity contribution in [1.82, 2.24) is 9.78 Å². The van der Waals surface area contributed by atoms with Crippen molar-refractivity contribution in [3.05, 3.63) is 78.4 Å². The largest absolute Gasteiger partial charge is 0.493 e. The minimum Gasteiger partial charge on any atom is -0.493 e. The van der Waals surface area contributed by atoms with Gasteiger partial charge in [-0.15, -0.1) is 0 Å². The first kappa shape index (κ1) is 16.7. The molecular weight excluding hydrogens is 323 g/mol. The lowest BCUT2D eigenvalue weighted by molar-refractivity contribution is 0.0486. The van der Waals surface area contributed by atoms with Crippen LogP contribution in [-0.2, 0) is 4.74 Å². The zero-order valence-electron chi connectivity index (χ0n) is 13.5. The van der Waals surface area contributed by atoms with Crippen LogP contribution < -0.4 is 4.74 Å². The van der Waals surface area contributed by atoms with Crippen LogP contribution in [0.1, 0.15) is 16.8 Å². The molecule has 0 radical (unpaired) electrons. The quantitative estimate of drug-likeness (QED) is 0.487. The number of ether oxygens (including phenoxy) is 2. The molecule has 0 unspecified atom stereocenters. The summed E-state index contributed by atoms with van der Waals surface area (Å²) in [6.07, 6.45) is 4.07. The SMILES string of the molecule is O=C(OCCCOc1ccc(F)cc1)c1ccc(-n2cccn2)cc1. The van der Waals surface area contributed by atoms with Gasteiger partial charge in [-0.05, 0) is 54.6 Å². The second-order valence-corrected chi connectivity index (χ2v) is 5.29. The monoisotopic (exact) mass is 340 g/mol.